The molecule has 1 aromatic rings. The molecule has 13 heavy (non-hydrogen) atoms. The van der Waals surface area contributed by atoms with Crippen molar-refractivity contribution in [3.63, 3.8) is 0 Å². The van der Waals surface area contributed by atoms with Crippen LogP contribution in [-0.2, 0) is 0 Å². The van der Waals surface area contributed by atoms with Crippen molar-refractivity contribution in [3.05, 3.63) is 29.6 Å². The number of hydrogen-bond donors (Lipinski definition) is 2. The van der Waals surface area contributed by atoms with Gasteiger partial charge in [0, 0.05) is 24.0 Å². The summed E-state index contributed by atoms with van der Waals surface area (Å²) in [7, 11) is 1.93. The maximum absolute atomic E-state index is 3.77. The van der Waals surface area contributed by atoms with Crippen molar-refractivity contribution in [3.8, 4) is 0 Å². The quantitative estimate of drug-likeness (QED) is 0.728. The van der Waals surface area contributed by atoms with Gasteiger partial charge in [-0.05, 0) is 19.9 Å². The van der Waals surface area contributed by atoms with E-state index in [2.05, 4.69) is 23.0 Å². The maximum Gasteiger partial charge on any atom is 0.0625 e. The standard InChI is InChI=1S/C11H16N2/c1-5-7-9-10(6-2)13-8(3)11(9)12-4/h5-7,12-13H,2H2,1,3-4H3/b7-5-. The van der Waals surface area contributed by atoms with E-state index in [1.54, 1.807) is 0 Å². The van der Waals surface area contributed by atoms with Crippen LogP contribution < -0.4 is 5.32 Å². The normalized spacial score (nSPS) is 10.7. The first kappa shape index (κ1) is 9.65. The van der Waals surface area contributed by atoms with Gasteiger partial charge in [0.05, 0.1) is 5.69 Å². The van der Waals surface area contributed by atoms with Gasteiger partial charge < -0.3 is 10.3 Å². The predicted octanol–water partition coefficient (Wildman–Crippen LogP) is 3.04. The molecule has 0 saturated heterocycles. The fourth-order valence-electron chi connectivity index (χ4n) is 1.49. The number of hydrogen-bond acceptors (Lipinski definition) is 1. The Morgan fingerprint density at radius 3 is 2.62 bits per heavy atom. The van der Waals surface area contributed by atoms with E-state index in [0.29, 0.717) is 0 Å². The molecule has 0 bridgehead atoms. The summed E-state index contributed by atoms with van der Waals surface area (Å²) in [5.41, 5.74) is 4.54. The molecule has 1 heterocycles. The van der Waals surface area contributed by atoms with Crippen molar-refractivity contribution < 1.29 is 0 Å². The molecule has 0 aliphatic heterocycles. The summed E-state index contributed by atoms with van der Waals surface area (Å²) in [4.78, 5) is 3.27. The molecule has 1 rings (SSSR count). The van der Waals surface area contributed by atoms with Crippen LogP contribution in [0, 0.1) is 6.92 Å². The van der Waals surface area contributed by atoms with Crippen LogP contribution in [-0.4, -0.2) is 12.0 Å². The lowest BCUT2D eigenvalue weighted by Gasteiger charge is -2.00. The fraction of sp³-hybridized carbons (Fsp3) is 0.273. The minimum atomic E-state index is 1.07. The average Bonchev–Trinajstić information content (AvgIpc) is 2.43. The van der Waals surface area contributed by atoms with Crippen LogP contribution in [0.2, 0.25) is 0 Å². The molecule has 0 unspecified atom stereocenters. The molecular weight excluding hydrogens is 160 g/mol. The molecule has 70 valence electrons. The molecule has 0 fully saturated rings. The lowest BCUT2D eigenvalue weighted by Crippen LogP contribution is -1.90. The number of H-pyrrole nitrogens is 1. The summed E-state index contributed by atoms with van der Waals surface area (Å²) in [6.45, 7) is 7.83. The second kappa shape index (κ2) is 3.99. The van der Waals surface area contributed by atoms with Crippen LogP contribution in [0.5, 0.6) is 0 Å². The van der Waals surface area contributed by atoms with E-state index in [4.69, 9.17) is 0 Å². The highest BCUT2D eigenvalue weighted by Gasteiger charge is 2.08. The second-order valence-corrected chi connectivity index (χ2v) is 2.91. The van der Waals surface area contributed by atoms with Crippen molar-refractivity contribution >= 4 is 17.8 Å². The summed E-state index contributed by atoms with van der Waals surface area (Å²) in [6.07, 6.45) is 5.94. The van der Waals surface area contributed by atoms with E-state index in [1.807, 2.05) is 33.0 Å². The number of aromatic nitrogens is 1. The minimum Gasteiger partial charge on any atom is -0.386 e. The fourth-order valence-corrected chi connectivity index (χ4v) is 1.49. The summed E-state index contributed by atoms with van der Waals surface area (Å²) in [5.74, 6) is 0. The molecule has 0 spiro atoms. The smallest absolute Gasteiger partial charge is 0.0625 e. The molecule has 2 heteroatoms. The molecule has 1 aromatic heterocycles. The minimum absolute atomic E-state index is 1.07. The molecule has 0 radical (unpaired) electrons. The third kappa shape index (κ3) is 1.66. The van der Waals surface area contributed by atoms with Crippen LogP contribution in [0.1, 0.15) is 23.9 Å². The van der Waals surface area contributed by atoms with Gasteiger partial charge in [-0.15, -0.1) is 0 Å². The van der Waals surface area contributed by atoms with Crippen LogP contribution in [0.15, 0.2) is 12.7 Å². The largest absolute Gasteiger partial charge is 0.386 e. The van der Waals surface area contributed by atoms with E-state index in [9.17, 15) is 0 Å². The van der Waals surface area contributed by atoms with Gasteiger partial charge in [0.2, 0.25) is 0 Å². The SMILES string of the molecule is C=Cc1[nH]c(C)c(NC)c1/C=C\C. The third-order valence-electron chi connectivity index (χ3n) is 2.04. The number of nitrogens with one attached hydrogen (secondary N) is 2. The van der Waals surface area contributed by atoms with Crippen molar-refractivity contribution in [2.75, 3.05) is 12.4 Å². The first-order chi connectivity index (χ1) is 6.24. The maximum atomic E-state index is 3.77. The Labute approximate surface area is 79.4 Å². The van der Waals surface area contributed by atoms with Gasteiger partial charge in [0.25, 0.3) is 0 Å². The van der Waals surface area contributed by atoms with Gasteiger partial charge in [0.15, 0.2) is 0 Å². The first-order valence-electron chi connectivity index (χ1n) is 4.40. The van der Waals surface area contributed by atoms with E-state index < -0.39 is 0 Å². The molecule has 0 aliphatic rings. The highest BCUT2D eigenvalue weighted by molar-refractivity contribution is 5.76. The molecule has 0 amide bonds. The molecule has 0 atom stereocenters. The number of allylic oxidation sites excluding steroid dienone is 1. The Bertz CT molecular complexity index is 332. The highest BCUT2D eigenvalue weighted by Crippen LogP contribution is 2.25. The van der Waals surface area contributed by atoms with E-state index in [0.717, 1.165) is 17.1 Å². The van der Waals surface area contributed by atoms with Gasteiger partial charge in [-0.25, -0.2) is 0 Å². The summed E-state index contributed by atoms with van der Waals surface area (Å²) in [5, 5.41) is 3.17. The molecule has 0 aromatic carbocycles. The monoisotopic (exact) mass is 176 g/mol. The molecular formula is C11H16N2. The van der Waals surface area contributed by atoms with Gasteiger partial charge >= 0.3 is 0 Å². The van der Waals surface area contributed by atoms with E-state index >= 15 is 0 Å². The van der Waals surface area contributed by atoms with Crippen LogP contribution in [0.25, 0.3) is 12.2 Å². The molecule has 0 aliphatic carbocycles. The first-order valence-corrected chi connectivity index (χ1v) is 4.40. The van der Waals surface area contributed by atoms with Gasteiger partial charge in [0.1, 0.15) is 0 Å². The number of aryl methyl sites for hydroxylation is 1. The predicted molar refractivity (Wildman–Crippen MR) is 59.9 cm³/mol. The Balaban J connectivity index is 3.31. The van der Waals surface area contributed by atoms with E-state index in [-0.39, 0.29) is 0 Å². The third-order valence-corrected chi connectivity index (χ3v) is 2.04. The Hall–Kier alpha value is -1.44. The molecule has 0 saturated carbocycles. The zero-order valence-corrected chi connectivity index (χ0v) is 8.44. The lowest BCUT2D eigenvalue weighted by molar-refractivity contribution is 1.24. The number of rotatable bonds is 3. The van der Waals surface area contributed by atoms with E-state index in [1.165, 1.54) is 5.56 Å². The van der Waals surface area contributed by atoms with Crippen molar-refractivity contribution in [1.29, 1.82) is 0 Å². The van der Waals surface area contributed by atoms with Crippen molar-refractivity contribution in [2.24, 2.45) is 0 Å². The summed E-state index contributed by atoms with van der Waals surface area (Å²) >= 11 is 0. The average molecular weight is 176 g/mol. The molecule has 2 nitrogen and oxygen atoms in total. The zero-order chi connectivity index (χ0) is 9.84. The van der Waals surface area contributed by atoms with Crippen LogP contribution in [0.3, 0.4) is 0 Å². The summed E-state index contributed by atoms with van der Waals surface area (Å²) in [6, 6.07) is 0. The number of aromatic amines is 1. The topological polar surface area (TPSA) is 27.8 Å². The van der Waals surface area contributed by atoms with Crippen LogP contribution >= 0.6 is 0 Å². The van der Waals surface area contributed by atoms with Gasteiger partial charge in [-0.2, -0.15) is 0 Å². The highest BCUT2D eigenvalue weighted by atomic mass is 14.9. The van der Waals surface area contributed by atoms with Crippen molar-refractivity contribution in [2.45, 2.75) is 13.8 Å². The second-order valence-electron chi connectivity index (χ2n) is 2.91. The van der Waals surface area contributed by atoms with Gasteiger partial charge in [-0.1, -0.05) is 18.7 Å². The summed E-state index contributed by atoms with van der Waals surface area (Å²) < 4.78 is 0. The Morgan fingerprint density at radius 1 is 1.46 bits per heavy atom. The van der Waals surface area contributed by atoms with Crippen LogP contribution in [0.4, 0.5) is 5.69 Å². The van der Waals surface area contributed by atoms with Crippen molar-refractivity contribution in [1.82, 2.24) is 4.98 Å². The lowest BCUT2D eigenvalue weighted by atomic mass is 10.2. The number of anilines is 1. The Kier molecular flexibility index (Phi) is 2.96. The van der Waals surface area contributed by atoms with Gasteiger partial charge in [-0.3, -0.25) is 0 Å². The molecule has 2 N–H and O–H groups in total. The zero-order valence-electron chi connectivity index (χ0n) is 8.44. The Morgan fingerprint density at radius 2 is 2.15 bits per heavy atom.